The summed E-state index contributed by atoms with van der Waals surface area (Å²) in [5.41, 5.74) is 7.35. The first-order chi connectivity index (χ1) is 16.1. The molecule has 4 aromatic rings. The first kappa shape index (κ1) is 21.8. The number of aromatic nitrogens is 2. The molecule has 4 rings (SSSR count). The van der Waals surface area contributed by atoms with E-state index in [1.54, 1.807) is 35.7 Å². The molecule has 2 N–H and O–H groups in total. The van der Waals surface area contributed by atoms with E-state index in [9.17, 15) is 0 Å². The molecular formula is C26H20N6S. The Balaban J connectivity index is 1.71. The van der Waals surface area contributed by atoms with Gasteiger partial charge >= 0.3 is 0 Å². The topological polar surface area (TPSA) is 97.4 Å². The highest BCUT2D eigenvalue weighted by atomic mass is 32.1. The molecule has 0 aliphatic rings. The zero-order chi connectivity index (χ0) is 23.2. The summed E-state index contributed by atoms with van der Waals surface area (Å²) in [6, 6.07) is 17.4. The summed E-state index contributed by atoms with van der Waals surface area (Å²) in [4.78, 5) is 9.27. The van der Waals surface area contributed by atoms with Crippen LogP contribution in [-0.2, 0) is 0 Å². The van der Waals surface area contributed by atoms with Gasteiger partial charge in [0, 0.05) is 29.2 Å². The summed E-state index contributed by atoms with van der Waals surface area (Å²) in [6.07, 6.45) is 5.07. The van der Waals surface area contributed by atoms with Crippen molar-refractivity contribution in [1.29, 1.82) is 10.5 Å². The van der Waals surface area contributed by atoms with Gasteiger partial charge in [-0.15, -0.1) is 0 Å². The monoisotopic (exact) mass is 448 g/mol. The SMILES string of the molecule is Cc1cc(/C=C/C#N)cc(C)c1Nc1nc(Nc2ccc(C#N)cc2)ncc1-c1ccsc1. The van der Waals surface area contributed by atoms with E-state index in [1.807, 2.05) is 55.6 Å². The Morgan fingerprint density at radius 1 is 1.00 bits per heavy atom. The number of hydrogen-bond acceptors (Lipinski definition) is 7. The van der Waals surface area contributed by atoms with E-state index in [1.165, 1.54) is 6.08 Å². The van der Waals surface area contributed by atoms with E-state index in [0.717, 1.165) is 39.2 Å². The third kappa shape index (κ3) is 5.07. The number of nitriles is 2. The van der Waals surface area contributed by atoms with Gasteiger partial charge in [-0.25, -0.2) is 4.98 Å². The molecule has 2 aromatic heterocycles. The number of rotatable bonds is 6. The fourth-order valence-electron chi connectivity index (χ4n) is 3.47. The highest BCUT2D eigenvalue weighted by Crippen LogP contribution is 2.33. The molecule has 7 heteroatoms. The van der Waals surface area contributed by atoms with Crippen molar-refractivity contribution in [2.24, 2.45) is 0 Å². The van der Waals surface area contributed by atoms with Crippen molar-refractivity contribution in [2.45, 2.75) is 13.8 Å². The number of thiophene rings is 1. The quantitative estimate of drug-likeness (QED) is 0.318. The summed E-state index contributed by atoms with van der Waals surface area (Å²) in [7, 11) is 0. The lowest BCUT2D eigenvalue weighted by molar-refractivity contribution is 1.16. The third-order valence-electron chi connectivity index (χ3n) is 5.04. The molecule has 0 atom stereocenters. The van der Waals surface area contributed by atoms with Crippen LogP contribution in [0.25, 0.3) is 17.2 Å². The predicted octanol–water partition coefficient (Wildman–Crippen LogP) is 6.72. The van der Waals surface area contributed by atoms with Gasteiger partial charge in [0.25, 0.3) is 0 Å². The summed E-state index contributed by atoms with van der Waals surface area (Å²) in [5.74, 6) is 1.14. The standard InChI is InChI=1S/C26H20N6S/c1-17-12-20(4-3-10-27)13-18(2)24(17)31-25-23(21-9-11-33-16-21)15-29-26(32-25)30-22-7-5-19(14-28)6-8-22/h3-9,11-13,15-16H,1-2H3,(H2,29,30,31,32)/b4-3+. The molecule has 0 aliphatic heterocycles. The van der Waals surface area contributed by atoms with Crippen LogP contribution >= 0.6 is 11.3 Å². The minimum Gasteiger partial charge on any atom is -0.339 e. The van der Waals surface area contributed by atoms with Crippen molar-refractivity contribution >= 4 is 40.6 Å². The number of nitrogens with one attached hydrogen (secondary N) is 2. The maximum Gasteiger partial charge on any atom is 0.229 e. The number of benzene rings is 2. The number of nitrogens with zero attached hydrogens (tertiary/aromatic N) is 4. The Morgan fingerprint density at radius 3 is 2.39 bits per heavy atom. The Hall–Kier alpha value is -4.46. The Kier molecular flexibility index (Phi) is 6.45. The molecule has 2 heterocycles. The first-order valence-corrected chi connectivity index (χ1v) is 11.1. The largest absolute Gasteiger partial charge is 0.339 e. The summed E-state index contributed by atoms with van der Waals surface area (Å²) in [6.45, 7) is 4.06. The average Bonchev–Trinajstić information content (AvgIpc) is 3.35. The van der Waals surface area contributed by atoms with Gasteiger partial charge in [0.1, 0.15) is 5.82 Å². The van der Waals surface area contributed by atoms with E-state index in [0.29, 0.717) is 17.3 Å². The van der Waals surface area contributed by atoms with Crippen molar-refractivity contribution in [1.82, 2.24) is 9.97 Å². The van der Waals surface area contributed by atoms with Crippen molar-refractivity contribution in [3.8, 4) is 23.3 Å². The molecule has 0 radical (unpaired) electrons. The van der Waals surface area contributed by atoms with Gasteiger partial charge in [0.2, 0.25) is 5.95 Å². The molecule has 160 valence electrons. The van der Waals surface area contributed by atoms with E-state index < -0.39 is 0 Å². The third-order valence-corrected chi connectivity index (χ3v) is 5.72. The zero-order valence-electron chi connectivity index (χ0n) is 18.1. The highest BCUT2D eigenvalue weighted by Gasteiger charge is 2.13. The zero-order valence-corrected chi connectivity index (χ0v) is 18.9. The number of allylic oxidation sites excluding steroid dienone is 1. The second-order valence-corrected chi connectivity index (χ2v) is 8.18. The van der Waals surface area contributed by atoms with Crippen molar-refractivity contribution in [2.75, 3.05) is 10.6 Å². The average molecular weight is 449 g/mol. The van der Waals surface area contributed by atoms with Crippen LogP contribution in [0.4, 0.5) is 23.1 Å². The summed E-state index contributed by atoms with van der Waals surface area (Å²) < 4.78 is 0. The lowest BCUT2D eigenvalue weighted by atomic mass is 10.0. The molecule has 33 heavy (non-hydrogen) atoms. The fourth-order valence-corrected chi connectivity index (χ4v) is 4.12. The molecule has 0 saturated heterocycles. The number of hydrogen-bond donors (Lipinski definition) is 2. The van der Waals surface area contributed by atoms with Crippen LogP contribution < -0.4 is 10.6 Å². The van der Waals surface area contributed by atoms with E-state index in [2.05, 4.69) is 27.1 Å². The Labute approximate surface area is 196 Å². The Morgan fingerprint density at radius 2 is 1.76 bits per heavy atom. The molecule has 6 nitrogen and oxygen atoms in total. The first-order valence-electron chi connectivity index (χ1n) is 10.2. The van der Waals surface area contributed by atoms with Crippen molar-refractivity contribution < 1.29 is 0 Å². The van der Waals surface area contributed by atoms with E-state index in [-0.39, 0.29) is 0 Å². The molecule has 0 spiro atoms. The molecule has 0 saturated carbocycles. The van der Waals surface area contributed by atoms with Crippen LogP contribution in [0.1, 0.15) is 22.3 Å². The Bertz CT molecular complexity index is 1370. The van der Waals surface area contributed by atoms with E-state index in [4.69, 9.17) is 15.5 Å². The molecule has 0 fully saturated rings. The minimum absolute atomic E-state index is 0.449. The van der Waals surface area contributed by atoms with Gasteiger partial charge in [-0.1, -0.05) is 0 Å². The predicted molar refractivity (Wildman–Crippen MR) is 134 cm³/mol. The smallest absolute Gasteiger partial charge is 0.229 e. The maximum absolute atomic E-state index is 9.00. The minimum atomic E-state index is 0.449. The van der Waals surface area contributed by atoms with Gasteiger partial charge in [-0.2, -0.15) is 26.8 Å². The number of aryl methyl sites for hydroxylation is 2. The molecular weight excluding hydrogens is 428 g/mol. The van der Waals surface area contributed by atoms with Crippen molar-refractivity contribution in [3.63, 3.8) is 0 Å². The molecule has 2 aromatic carbocycles. The maximum atomic E-state index is 9.00. The van der Waals surface area contributed by atoms with Gasteiger partial charge in [-0.05, 0) is 95.4 Å². The molecule has 0 amide bonds. The van der Waals surface area contributed by atoms with Gasteiger partial charge < -0.3 is 10.6 Å². The molecule has 0 aliphatic carbocycles. The summed E-state index contributed by atoms with van der Waals surface area (Å²) >= 11 is 1.62. The van der Waals surface area contributed by atoms with Crippen molar-refractivity contribution in [3.05, 3.63) is 87.8 Å². The van der Waals surface area contributed by atoms with Gasteiger partial charge in [-0.3, -0.25) is 0 Å². The molecule has 0 bridgehead atoms. The van der Waals surface area contributed by atoms with E-state index >= 15 is 0 Å². The highest BCUT2D eigenvalue weighted by molar-refractivity contribution is 7.08. The van der Waals surface area contributed by atoms with Gasteiger partial charge in [0.05, 0.1) is 17.7 Å². The number of anilines is 4. The lowest BCUT2D eigenvalue weighted by Crippen LogP contribution is -2.04. The lowest BCUT2D eigenvalue weighted by Gasteiger charge is -2.17. The fraction of sp³-hybridized carbons (Fsp3) is 0.0769. The van der Waals surface area contributed by atoms with Crippen LogP contribution in [0.5, 0.6) is 0 Å². The van der Waals surface area contributed by atoms with Crippen LogP contribution in [0.15, 0.2) is 65.5 Å². The van der Waals surface area contributed by atoms with Crippen LogP contribution in [0.3, 0.4) is 0 Å². The van der Waals surface area contributed by atoms with Crippen LogP contribution in [0, 0.1) is 36.5 Å². The summed E-state index contributed by atoms with van der Waals surface area (Å²) in [5, 5.41) is 28.6. The van der Waals surface area contributed by atoms with Crippen LogP contribution in [0.2, 0.25) is 0 Å². The second-order valence-electron chi connectivity index (χ2n) is 7.40. The molecule has 0 unspecified atom stereocenters. The van der Waals surface area contributed by atoms with Gasteiger partial charge in [0.15, 0.2) is 0 Å². The normalized spacial score (nSPS) is 10.5. The second kappa shape index (κ2) is 9.78. The van der Waals surface area contributed by atoms with Crippen LogP contribution in [-0.4, -0.2) is 9.97 Å².